The van der Waals surface area contributed by atoms with Crippen molar-refractivity contribution in [2.24, 2.45) is 0 Å². The van der Waals surface area contributed by atoms with Crippen LogP contribution in [0, 0.1) is 5.82 Å². The van der Waals surface area contributed by atoms with Gasteiger partial charge in [0.05, 0.1) is 12.7 Å². The van der Waals surface area contributed by atoms with E-state index >= 15 is 0 Å². The molecule has 0 bridgehead atoms. The summed E-state index contributed by atoms with van der Waals surface area (Å²) in [6.07, 6.45) is -0.909. The molecule has 4 heteroatoms. The number of hydrogen-bond acceptors (Lipinski definition) is 3. The van der Waals surface area contributed by atoms with Gasteiger partial charge in [-0.15, -0.1) is 0 Å². The van der Waals surface area contributed by atoms with Crippen molar-refractivity contribution in [3.05, 3.63) is 29.6 Å². The summed E-state index contributed by atoms with van der Waals surface area (Å²) in [6, 6.07) is 4.10. The number of aliphatic hydroxyl groups excluding tert-OH is 1. The first-order valence-electron chi connectivity index (χ1n) is 5.17. The summed E-state index contributed by atoms with van der Waals surface area (Å²) >= 11 is 0. The minimum absolute atomic E-state index is 0.145. The molecule has 0 amide bonds. The first-order valence-corrected chi connectivity index (χ1v) is 5.17. The molecule has 1 N–H and O–H groups in total. The molecule has 3 nitrogen and oxygen atoms in total. The molecule has 1 aromatic rings. The molecule has 0 aromatic heterocycles. The van der Waals surface area contributed by atoms with Crippen molar-refractivity contribution in [1.82, 2.24) is 0 Å². The van der Waals surface area contributed by atoms with Crippen LogP contribution < -0.4 is 4.74 Å². The molecule has 0 aliphatic rings. The second-order valence-corrected chi connectivity index (χ2v) is 3.74. The van der Waals surface area contributed by atoms with E-state index in [-0.39, 0.29) is 11.9 Å². The number of aliphatic hydroxyl groups is 1. The van der Waals surface area contributed by atoms with Crippen LogP contribution in [0.2, 0.25) is 0 Å². The van der Waals surface area contributed by atoms with Gasteiger partial charge in [-0.25, -0.2) is 4.39 Å². The molecule has 90 valence electrons. The summed E-state index contributed by atoms with van der Waals surface area (Å²) in [6.45, 7) is 3.86. The summed E-state index contributed by atoms with van der Waals surface area (Å²) in [5, 5.41) is 9.49. The maximum absolute atomic E-state index is 13.0. The first kappa shape index (κ1) is 12.9. The van der Waals surface area contributed by atoms with Crippen molar-refractivity contribution < 1.29 is 19.0 Å². The Hall–Kier alpha value is -1.13. The van der Waals surface area contributed by atoms with Gasteiger partial charge in [-0.05, 0) is 32.0 Å². The third-order valence-electron chi connectivity index (χ3n) is 2.15. The van der Waals surface area contributed by atoms with E-state index in [4.69, 9.17) is 9.47 Å². The Bertz CT molecular complexity index is 339. The molecule has 2 atom stereocenters. The van der Waals surface area contributed by atoms with Crippen LogP contribution in [0.4, 0.5) is 4.39 Å². The van der Waals surface area contributed by atoms with Crippen molar-refractivity contribution >= 4 is 0 Å². The van der Waals surface area contributed by atoms with Gasteiger partial charge in [0.2, 0.25) is 0 Å². The highest BCUT2D eigenvalue weighted by Gasteiger charge is 2.13. The highest BCUT2D eigenvalue weighted by atomic mass is 19.1. The van der Waals surface area contributed by atoms with Crippen molar-refractivity contribution in [2.45, 2.75) is 26.1 Å². The van der Waals surface area contributed by atoms with Crippen LogP contribution in [0.5, 0.6) is 5.75 Å². The average molecular weight is 228 g/mol. The fraction of sp³-hybridized carbons (Fsp3) is 0.500. The van der Waals surface area contributed by atoms with E-state index in [1.54, 1.807) is 14.0 Å². The Morgan fingerprint density at radius 1 is 1.38 bits per heavy atom. The summed E-state index contributed by atoms with van der Waals surface area (Å²) in [4.78, 5) is 0. The third kappa shape index (κ3) is 3.47. The van der Waals surface area contributed by atoms with E-state index in [0.717, 1.165) is 0 Å². The molecule has 0 radical (unpaired) electrons. The number of hydrogen-bond donors (Lipinski definition) is 1. The molecule has 1 aromatic carbocycles. The van der Waals surface area contributed by atoms with Crippen molar-refractivity contribution in [2.75, 3.05) is 13.7 Å². The molecule has 16 heavy (non-hydrogen) atoms. The van der Waals surface area contributed by atoms with Gasteiger partial charge in [0.15, 0.2) is 0 Å². The minimum Gasteiger partial charge on any atom is -0.488 e. The number of benzene rings is 1. The molecular weight excluding hydrogens is 211 g/mol. The zero-order chi connectivity index (χ0) is 12.1. The quantitative estimate of drug-likeness (QED) is 0.840. The van der Waals surface area contributed by atoms with Gasteiger partial charge in [-0.3, -0.25) is 0 Å². The van der Waals surface area contributed by atoms with Gasteiger partial charge in [-0.1, -0.05) is 0 Å². The van der Waals surface area contributed by atoms with Gasteiger partial charge < -0.3 is 14.6 Å². The van der Waals surface area contributed by atoms with Crippen molar-refractivity contribution in [1.29, 1.82) is 0 Å². The Kier molecular flexibility index (Phi) is 4.71. The van der Waals surface area contributed by atoms with Gasteiger partial charge in [0, 0.05) is 12.7 Å². The number of halogens is 1. The lowest BCUT2D eigenvalue weighted by Gasteiger charge is -2.18. The van der Waals surface area contributed by atoms with Crippen LogP contribution in [0.3, 0.4) is 0 Å². The van der Waals surface area contributed by atoms with E-state index in [1.165, 1.54) is 18.2 Å². The van der Waals surface area contributed by atoms with Crippen LogP contribution in [0.25, 0.3) is 0 Å². The SMILES string of the molecule is COCC(C)Oc1ccc(F)cc1[C@@H](C)O. The molecular formula is C12H17FO3. The Labute approximate surface area is 94.8 Å². The predicted molar refractivity (Wildman–Crippen MR) is 59.0 cm³/mol. The molecule has 0 saturated carbocycles. The largest absolute Gasteiger partial charge is 0.488 e. The lowest BCUT2D eigenvalue weighted by molar-refractivity contribution is 0.0885. The van der Waals surface area contributed by atoms with E-state index in [1.807, 2.05) is 6.92 Å². The van der Waals surface area contributed by atoms with Crippen LogP contribution in [-0.2, 0) is 4.74 Å². The average Bonchev–Trinajstić information content (AvgIpc) is 2.20. The topological polar surface area (TPSA) is 38.7 Å². The molecule has 0 fully saturated rings. The highest BCUT2D eigenvalue weighted by molar-refractivity contribution is 5.35. The van der Waals surface area contributed by atoms with Crippen LogP contribution >= 0.6 is 0 Å². The lowest BCUT2D eigenvalue weighted by Crippen LogP contribution is -2.19. The zero-order valence-electron chi connectivity index (χ0n) is 9.74. The zero-order valence-corrected chi connectivity index (χ0v) is 9.74. The predicted octanol–water partition coefficient (Wildman–Crippen LogP) is 2.29. The van der Waals surface area contributed by atoms with Crippen LogP contribution in [-0.4, -0.2) is 24.9 Å². The summed E-state index contributed by atoms with van der Waals surface area (Å²) in [7, 11) is 1.58. The van der Waals surface area contributed by atoms with Gasteiger partial charge >= 0.3 is 0 Å². The van der Waals surface area contributed by atoms with Crippen LogP contribution in [0.15, 0.2) is 18.2 Å². The molecule has 1 unspecified atom stereocenters. The molecule has 0 saturated heterocycles. The monoisotopic (exact) mass is 228 g/mol. The molecule has 0 heterocycles. The lowest BCUT2D eigenvalue weighted by atomic mass is 10.1. The normalized spacial score (nSPS) is 14.6. The maximum atomic E-state index is 13.0. The molecule has 0 aliphatic carbocycles. The van der Waals surface area contributed by atoms with Gasteiger partial charge in [-0.2, -0.15) is 0 Å². The van der Waals surface area contributed by atoms with Gasteiger partial charge in [0.1, 0.15) is 17.7 Å². The number of rotatable bonds is 5. The van der Waals surface area contributed by atoms with E-state index in [0.29, 0.717) is 17.9 Å². The molecule has 1 rings (SSSR count). The maximum Gasteiger partial charge on any atom is 0.125 e. The summed E-state index contributed by atoms with van der Waals surface area (Å²) < 4.78 is 23.5. The molecule has 0 spiro atoms. The Morgan fingerprint density at radius 2 is 2.06 bits per heavy atom. The van der Waals surface area contributed by atoms with Crippen molar-refractivity contribution in [3.63, 3.8) is 0 Å². The molecule has 0 aliphatic heterocycles. The van der Waals surface area contributed by atoms with Gasteiger partial charge in [0.25, 0.3) is 0 Å². The number of methoxy groups -OCH3 is 1. The van der Waals surface area contributed by atoms with E-state index < -0.39 is 6.10 Å². The fourth-order valence-electron chi connectivity index (χ4n) is 1.44. The number of ether oxygens (including phenoxy) is 2. The van der Waals surface area contributed by atoms with Crippen LogP contribution in [0.1, 0.15) is 25.5 Å². The highest BCUT2D eigenvalue weighted by Crippen LogP contribution is 2.26. The summed E-state index contributed by atoms with van der Waals surface area (Å²) in [5.41, 5.74) is 0.447. The Morgan fingerprint density at radius 3 is 2.62 bits per heavy atom. The van der Waals surface area contributed by atoms with Crippen molar-refractivity contribution in [3.8, 4) is 5.75 Å². The fourth-order valence-corrected chi connectivity index (χ4v) is 1.44. The van der Waals surface area contributed by atoms with E-state index in [9.17, 15) is 9.50 Å². The second-order valence-electron chi connectivity index (χ2n) is 3.74. The minimum atomic E-state index is -0.763. The smallest absolute Gasteiger partial charge is 0.125 e. The third-order valence-corrected chi connectivity index (χ3v) is 2.15. The summed E-state index contributed by atoms with van der Waals surface area (Å²) in [5.74, 6) is 0.101. The first-order chi connectivity index (χ1) is 7.54. The Balaban J connectivity index is 2.86. The second kappa shape index (κ2) is 5.82. The standard InChI is InChI=1S/C12H17FO3/c1-8(7-15-3)16-12-5-4-10(13)6-11(12)9(2)14/h4-6,8-9,14H,7H2,1-3H3/t8?,9-/m1/s1. The van der Waals surface area contributed by atoms with E-state index in [2.05, 4.69) is 0 Å².